The van der Waals surface area contributed by atoms with Crippen molar-refractivity contribution in [3.05, 3.63) is 65.2 Å². The Morgan fingerprint density at radius 3 is 2.00 bits per heavy atom. The van der Waals surface area contributed by atoms with Crippen LogP contribution >= 0.6 is 12.2 Å². The molecule has 1 nitrogen and oxygen atoms in total. The fourth-order valence-corrected chi connectivity index (χ4v) is 2.63. The maximum absolute atomic E-state index is 5.60. The molecule has 1 N–H and O–H groups in total. The number of rotatable bonds is 4. The molecule has 0 aliphatic heterocycles. The molecule has 0 amide bonds. The molecule has 0 aliphatic rings. The first kappa shape index (κ1) is 13.8. The standard InChI is InChI=1S/C17H19NS/c1-3-13-9-8-10-14(4-2)16(13)17(19)18-15-11-6-5-7-12-15/h5-12H,3-4H2,1-2H3,(H,18,19). The number of benzene rings is 2. The van der Waals surface area contributed by atoms with Crippen molar-refractivity contribution in [3.8, 4) is 0 Å². The van der Waals surface area contributed by atoms with Gasteiger partial charge in [0.1, 0.15) is 4.99 Å². The summed E-state index contributed by atoms with van der Waals surface area (Å²) < 4.78 is 0. The minimum Gasteiger partial charge on any atom is -0.346 e. The Kier molecular flexibility index (Phi) is 4.69. The average Bonchev–Trinajstić information content (AvgIpc) is 2.47. The van der Waals surface area contributed by atoms with Crippen molar-refractivity contribution in [2.45, 2.75) is 26.7 Å². The van der Waals surface area contributed by atoms with E-state index in [0.29, 0.717) is 0 Å². The van der Waals surface area contributed by atoms with Gasteiger partial charge in [-0.15, -0.1) is 0 Å². The minimum atomic E-state index is 0.820. The molecule has 2 aromatic rings. The minimum absolute atomic E-state index is 0.820. The fourth-order valence-electron chi connectivity index (χ4n) is 2.25. The van der Waals surface area contributed by atoms with E-state index in [1.165, 1.54) is 16.7 Å². The predicted octanol–water partition coefficient (Wildman–Crippen LogP) is 4.60. The van der Waals surface area contributed by atoms with Crippen molar-refractivity contribution in [1.29, 1.82) is 0 Å². The summed E-state index contributed by atoms with van der Waals surface area (Å²) >= 11 is 5.60. The Hall–Kier alpha value is -1.67. The number of thiocarbonyl (C=S) groups is 1. The SMILES string of the molecule is CCc1cccc(CC)c1C(=S)Nc1ccccc1. The second-order valence-electron chi connectivity index (χ2n) is 4.48. The molecule has 0 saturated carbocycles. The normalized spacial score (nSPS) is 10.2. The quantitative estimate of drug-likeness (QED) is 0.814. The third kappa shape index (κ3) is 3.21. The summed E-state index contributed by atoms with van der Waals surface area (Å²) in [4.78, 5) is 0.820. The van der Waals surface area contributed by atoms with Gasteiger partial charge in [-0.3, -0.25) is 0 Å². The first-order valence-corrected chi connectivity index (χ1v) is 7.14. The molecular formula is C17H19NS. The van der Waals surface area contributed by atoms with Crippen LogP contribution in [-0.4, -0.2) is 4.99 Å². The van der Waals surface area contributed by atoms with Crippen LogP contribution in [0.4, 0.5) is 5.69 Å². The molecule has 98 valence electrons. The van der Waals surface area contributed by atoms with Gasteiger partial charge in [0.25, 0.3) is 0 Å². The van der Waals surface area contributed by atoms with Crippen molar-refractivity contribution >= 4 is 22.9 Å². The molecule has 0 atom stereocenters. The van der Waals surface area contributed by atoms with Crippen molar-refractivity contribution < 1.29 is 0 Å². The fraction of sp³-hybridized carbons (Fsp3) is 0.235. The Morgan fingerprint density at radius 1 is 0.895 bits per heavy atom. The van der Waals surface area contributed by atoms with Crippen LogP contribution < -0.4 is 5.32 Å². The molecule has 2 aromatic carbocycles. The highest BCUT2D eigenvalue weighted by molar-refractivity contribution is 7.81. The zero-order chi connectivity index (χ0) is 13.7. The van der Waals surface area contributed by atoms with Gasteiger partial charge in [-0.05, 0) is 36.1 Å². The Labute approximate surface area is 120 Å². The molecule has 0 aliphatic carbocycles. The molecule has 0 radical (unpaired) electrons. The summed E-state index contributed by atoms with van der Waals surface area (Å²) in [5, 5.41) is 3.34. The van der Waals surface area contributed by atoms with E-state index in [1.807, 2.05) is 30.3 Å². The maximum Gasteiger partial charge on any atom is 0.111 e. The van der Waals surface area contributed by atoms with Gasteiger partial charge in [0, 0.05) is 11.3 Å². The van der Waals surface area contributed by atoms with E-state index < -0.39 is 0 Å². The van der Waals surface area contributed by atoms with Gasteiger partial charge >= 0.3 is 0 Å². The first-order chi connectivity index (χ1) is 9.26. The summed E-state index contributed by atoms with van der Waals surface area (Å²) in [5.74, 6) is 0. The van der Waals surface area contributed by atoms with Crippen molar-refractivity contribution in [3.63, 3.8) is 0 Å². The van der Waals surface area contributed by atoms with Gasteiger partial charge in [0.15, 0.2) is 0 Å². The number of hydrogen-bond donors (Lipinski definition) is 1. The number of para-hydroxylation sites is 1. The molecule has 0 unspecified atom stereocenters. The molecule has 2 heteroatoms. The summed E-state index contributed by atoms with van der Waals surface area (Å²) in [6.07, 6.45) is 2.00. The summed E-state index contributed by atoms with van der Waals surface area (Å²) in [5.41, 5.74) is 4.87. The van der Waals surface area contributed by atoms with Gasteiger partial charge < -0.3 is 5.32 Å². The van der Waals surface area contributed by atoms with Crippen LogP contribution in [0.2, 0.25) is 0 Å². The highest BCUT2D eigenvalue weighted by Crippen LogP contribution is 2.19. The second-order valence-corrected chi connectivity index (χ2v) is 4.89. The number of hydrogen-bond acceptors (Lipinski definition) is 1. The van der Waals surface area contributed by atoms with Crippen LogP contribution in [0.15, 0.2) is 48.5 Å². The van der Waals surface area contributed by atoms with E-state index in [0.717, 1.165) is 23.5 Å². The van der Waals surface area contributed by atoms with Crippen LogP contribution in [0.1, 0.15) is 30.5 Å². The average molecular weight is 269 g/mol. The smallest absolute Gasteiger partial charge is 0.111 e. The van der Waals surface area contributed by atoms with Crippen LogP contribution in [-0.2, 0) is 12.8 Å². The zero-order valence-corrected chi connectivity index (χ0v) is 12.3. The lowest BCUT2D eigenvalue weighted by Gasteiger charge is -2.15. The van der Waals surface area contributed by atoms with Crippen molar-refractivity contribution in [2.75, 3.05) is 5.32 Å². The lowest BCUT2D eigenvalue weighted by atomic mass is 9.97. The molecule has 0 heterocycles. The largest absolute Gasteiger partial charge is 0.346 e. The molecule has 0 fully saturated rings. The number of nitrogens with one attached hydrogen (secondary N) is 1. The molecule has 2 rings (SSSR count). The monoisotopic (exact) mass is 269 g/mol. The molecule has 0 bridgehead atoms. The van der Waals surface area contributed by atoms with Gasteiger partial charge in [-0.25, -0.2) is 0 Å². The van der Waals surface area contributed by atoms with Crippen LogP contribution in [0.5, 0.6) is 0 Å². The number of anilines is 1. The Bertz CT molecular complexity index is 538. The first-order valence-electron chi connectivity index (χ1n) is 6.73. The van der Waals surface area contributed by atoms with Gasteiger partial charge in [-0.2, -0.15) is 0 Å². The van der Waals surface area contributed by atoms with Crippen molar-refractivity contribution in [2.24, 2.45) is 0 Å². The summed E-state index contributed by atoms with van der Waals surface area (Å²) in [7, 11) is 0. The molecular weight excluding hydrogens is 250 g/mol. The van der Waals surface area contributed by atoms with Gasteiger partial charge in [-0.1, -0.05) is 62.5 Å². The maximum atomic E-state index is 5.60. The molecule has 0 spiro atoms. The van der Waals surface area contributed by atoms with Crippen LogP contribution in [0.25, 0.3) is 0 Å². The van der Waals surface area contributed by atoms with E-state index in [9.17, 15) is 0 Å². The lowest BCUT2D eigenvalue weighted by Crippen LogP contribution is -2.15. The highest BCUT2D eigenvalue weighted by Gasteiger charge is 2.11. The third-order valence-electron chi connectivity index (χ3n) is 3.26. The van der Waals surface area contributed by atoms with Gasteiger partial charge in [0.05, 0.1) is 0 Å². The molecule has 19 heavy (non-hydrogen) atoms. The highest BCUT2D eigenvalue weighted by atomic mass is 32.1. The molecule has 0 saturated heterocycles. The Balaban J connectivity index is 2.33. The zero-order valence-electron chi connectivity index (χ0n) is 11.4. The Morgan fingerprint density at radius 2 is 1.47 bits per heavy atom. The van der Waals surface area contributed by atoms with E-state index >= 15 is 0 Å². The van der Waals surface area contributed by atoms with Gasteiger partial charge in [0.2, 0.25) is 0 Å². The van der Waals surface area contributed by atoms with Crippen LogP contribution in [0.3, 0.4) is 0 Å². The van der Waals surface area contributed by atoms with E-state index in [4.69, 9.17) is 12.2 Å². The van der Waals surface area contributed by atoms with E-state index in [2.05, 4.69) is 37.4 Å². The molecule has 0 aromatic heterocycles. The van der Waals surface area contributed by atoms with E-state index in [1.54, 1.807) is 0 Å². The van der Waals surface area contributed by atoms with Crippen molar-refractivity contribution in [1.82, 2.24) is 0 Å². The lowest BCUT2D eigenvalue weighted by molar-refractivity contribution is 1.08. The van der Waals surface area contributed by atoms with E-state index in [-0.39, 0.29) is 0 Å². The third-order valence-corrected chi connectivity index (χ3v) is 3.56. The predicted molar refractivity (Wildman–Crippen MR) is 87.0 cm³/mol. The summed E-state index contributed by atoms with van der Waals surface area (Å²) in [6, 6.07) is 16.5. The number of aryl methyl sites for hydroxylation is 2. The topological polar surface area (TPSA) is 12.0 Å². The second kappa shape index (κ2) is 6.48. The van der Waals surface area contributed by atoms with Crippen LogP contribution in [0, 0.1) is 0 Å². The summed E-state index contributed by atoms with van der Waals surface area (Å²) in [6.45, 7) is 4.34.